The van der Waals surface area contributed by atoms with Gasteiger partial charge in [-0.05, 0) is 50.0 Å². The topological polar surface area (TPSA) is 45.5 Å². The van der Waals surface area contributed by atoms with Crippen LogP contribution in [-0.2, 0) is 17.6 Å². The van der Waals surface area contributed by atoms with Crippen molar-refractivity contribution in [3.8, 4) is 0 Å². The normalized spacial score (nSPS) is 16.5. The van der Waals surface area contributed by atoms with Gasteiger partial charge in [-0.1, -0.05) is 36.8 Å². The lowest BCUT2D eigenvalue weighted by atomic mass is 10.0. The zero-order valence-corrected chi connectivity index (χ0v) is 14.8. The average molecular weight is 340 g/mol. The molecule has 1 aromatic heterocycles. The maximum Gasteiger partial charge on any atom is 0.220 e. The van der Waals surface area contributed by atoms with Crippen LogP contribution in [0.4, 0.5) is 0 Å². The van der Waals surface area contributed by atoms with Gasteiger partial charge in [0, 0.05) is 25.4 Å². The quantitative estimate of drug-likeness (QED) is 0.801. The fourth-order valence-corrected chi connectivity index (χ4v) is 3.50. The van der Waals surface area contributed by atoms with Crippen LogP contribution in [0.3, 0.4) is 0 Å². The molecule has 4 nitrogen and oxygen atoms in total. The molecule has 2 aromatic rings. The van der Waals surface area contributed by atoms with Crippen LogP contribution in [0.5, 0.6) is 0 Å². The van der Waals surface area contributed by atoms with Gasteiger partial charge >= 0.3 is 0 Å². The predicted octanol–water partition coefficient (Wildman–Crippen LogP) is 3.43. The van der Waals surface area contributed by atoms with Crippen LogP contribution in [0.25, 0.3) is 0 Å². The predicted molar refractivity (Wildman–Crippen MR) is 99.4 cm³/mol. The molecule has 1 aromatic carbocycles. The lowest BCUT2D eigenvalue weighted by molar-refractivity contribution is -0.122. The van der Waals surface area contributed by atoms with Gasteiger partial charge in [0.05, 0.1) is 6.26 Å². The van der Waals surface area contributed by atoms with Gasteiger partial charge in [-0.2, -0.15) is 0 Å². The first-order chi connectivity index (χ1) is 12.3. The first-order valence-corrected chi connectivity index (χ1v) is 9.37. The van der Waals surface area contributed by atoms with Gasteiger partial charge in [-0.3, -0.25) is 4.79 Å². The third-order valence-electron chi connectivity index (χ3n) is 4.80. The van der Waals surface area contributed by atoms with Crippen molar-refractivity contribution < 1.29 is 9.21 Å². The summed E-state index contributed by atoms with van der Waals surface area (Å²) in [6.07, 6.45) is 7.52. The van der Waals surface area contributed by atoms with Gasteiger partial charge in [0.2, 0.25) is 5.91 Å². The molecular formula is C21H28N2O2. The molecule has 1 N–H and O–H groups in total. The number of hydrogen-bond donors (Lipinski definition) is 1. The summed E-state index contributed by atoms with van der Waals surface area (Å²) in [5.41, 5.74) is 1.27. The summed E-state index contributed by atoms with van der Waals surface area (Å²) in [5, 5.41) is 3.25. The monoisotopic (exact) mass is 340 g/mol. The van der Waals surface area contributed by atoms with Gasteiger partial charge in [-0.25, -0.2) is 0 Å². The van der Waals surface area contributed by atoms with Crippen LogP contribution in [0.15, 0.2) is 53.1 Å². The Kier molecular flexibility index (Phi) is 6.69. The molecule has 1 unspecified atom stereocenters. The molecule has 1 atom stereocenters. The molecule has 0 saturated carbocycles. The molecule has 1 amide bonds. The van der Waals surface area contributed by atoms with Crippen molar-refractivity contribution >= 4 is 5.91 Å². The van der Waals surface area contributed by atoms with E-state index >= 15 is 0 Å². The third kappa shape index (κ3) is 6.05. The van der Waals surface area contributed by atoms with E-state index in [4.69, 9.17) is 4.42 Å². The second kappa shape index (κ2) is 9.42. The highest BCUT2D eigenvalue weighted by molar-refractivity contribution is 5.76. The van der Waals surface area contributed by atoms with E-state index < -0.39 is 0 Å². The van der Waals surface area contributed by atoms with Crippen molar-refractivity contribution in [1.29, 1.82) is 0 Å². The number of aryl methyl sites for hydroxylation is 1. The Hall–Kier alpha value is -2.07. The van der Waals surface area contributed by atoms with E-state index in [2.05, 4.69) is 34.5 Å². The van der Waals surface area contributed by atoms with Crippen molar-refractivity contribution in [3.05, 3.63) is 60.1 Å². The summed E-state index contributed by atoms with van der Waals surface area (Å²) >= 11 is 0. The first kappa shape index (κ1) is 17.7. The Morgan fingerprint density at radius 2 is 1.88 bits per heavy atom. The minimum Gasteiger partial charge on any atom is -0.469 e. The van der Waals surface area contributed by atoms with E-state index in [1.165, 1.54) is 24.8 Å². The molecule has 0 bridgehead atoms. The van der Waals surface area contributed by atoms with Gasteiger partial charge in [0.1, 0.15) is 5.76 Å². The molecule has 0 radical (unpaired) electrons. The lowest BCUT2D eigenvalue weighted by Gasteiger charge is -2.31. The molecule has 1 aliphatic heterocycles. The number of benzene rings is 1. The van der Waals surface area contributed by atoms with E-state index in [0.717, 1.165) is 31.8 Å². The number of furan rings is 1. The van der Waals surface area contributed by atoms with E-state index in [9.17, 15) is 4.79 Å². The van der Waals surface area contributed by atoms with Gasteiger partial charge in [0.25, 0.3) is 0 Å². The number of rotatable bonds is 8. The highest BCUT2D eigenvalue weighted by atomic mass is 16.3. The molecule has 0 spiro atoms. The zero-order chi connectivity index (χ0) is 17.3. The fourth-order valence-electron chi connectivity index (χ4n) is 3.50. The number of carbonyl (C=O) groups excluding carboxylic acids is 1. The second-order valence-electron chi connectivity index (χ2n) is 6.89. The van der Waals surface area contributed by atoms with Crippen LogP contribution in [-0.4, -0.2) is 36.5 Å². The summed E-state index contributed by atoms with van der Waals surface area (Å²) in [6.45, 7) is 3.22. The van der Waals surface area contributed by atoms with Crippen molar-refractivity contribution in [2.24, 2.45) is 0 Å². The number of nitrogens with zero attached hydrogens (tertiary/aromatic N) is 1. The molecule has 0 aliphatic carbocycles. The van der Waals surface area contributed by atoms with Gasteiger partial charge < -0.3 is 14.6 Å². The van der Waals surface area contributed by atoms with E-state index in [-0.39, 0.29) is 11.9 Å². The van der Waals surface area contributed by atoms with E-state index in [0.29, 0.717) is 12.8 Å². The van der Waals surface area contributed by atoms with Gasteiger partial charge in [-0.15, -0.1) is 0 Å². The summed E-state index contributed by atoms with van der Waals surface area (Å²) in [5.74, 6) is 0.972. The number of piperidine rings is 1. The van der Waals surface area contributed by atoms with Gasteiger partial charge in [0.15, 0.2) is 0 Å². The van der Waals surface area contributed by atoms with Crippen LogP contribution in [0.2, 0.25) is 0 Å². The highest BCUT2D eigenvalue weighted by Gasteiger charge is 2.19. The van der Waals surface area contributed by atoms with Crippen LogP contribution in [0.1, 0.15) is 37.0 Å². The van der Waals surface area contributed by atoms with Crippen LogP contribution >= 0.6 is 0 Å². The van der Waals surface area contributed by atoms with E-state index in [1.54, 1.807) is 6.26 Å². The van der Waals surface area contributed by atoms with Crippen molar-refractivity contribution in [1.82, 2.24) is 10.2 Å². The fraction of sp³-hybridized carbons (Fsp3) is 0.476. The maximum atomic E-state index is 12.4. The Morgan fingerprint density at radius 3 is 2.60 bits per heavy atom. The van der Waals surface area contributed by atoms with Crippen molar-refractivity contribution in [2.75, 3.05) is 19.6 Å². The number of likely N-dealkylation sites (tertiary alicyclic amines) is 1. The maximum absolute atomic E-state index is 12.4. The average Bonchev–Trinajstić information content (AvgIpc) is 3.15. The summed E-state index contributed by atoms with van der Waals surface area (Å²) in [4.78, 5) is 14.9. The molecule has 1 fully saturated rings. The summed E-state index contributed by atoms with van der Waals surface area (Å²) < 4.78 is 5.32. The molecule has 25 heavy (non-hydrogen) atoms. The third-order valence-corrected chi connectivity index (χ3v) is 4.80. The van der Waals surface area contributed by atoms with E-state index in [1.807, 2.05) is 18.2 Å². The Bertz CT molecular complexity index is 619. The lowest BCUT2D eigenvalue weighted by Crippen LogP contribution is -2.46. The Balaban J connectivity index is 1.55. The van der Waals surface area contributed by atoms with Crippen LogP contribution in [0, 0.1) is 0 Å². The highest BCUT2D eigenvalue weighted by Crippen LogP contribution is 2.12. The number of nitrogens with one attached hydrogen (secondary N) is 1. The first-order valence-electron chi connectivity index (χ1n) is 9.37. The number of carbonyl (C=O) groups is 1. The number of amides is 1. The molecule has 1 aliphatic rings. The molecule has 4 heteroatoms. The minimum atomic E-state index is 0.106. The molecular weight excluding hydrogens is 312 g/mol. The summed E-state index contributed by atoms with van der Waals surface area (Å²) in [6, 6.07) is 14.4. The molecule has 1 saturated heterocycles. The molecule has 134 valence electrons. The largest absolute Gasteiger partial charge is 0.469 e. The molecule has 2 heterocycles. The zero-order valence-electron chi connectivity index (χ0n) is 14.8. The summed E-state index contributed by atoms with van der Waals surface area (Å²) in [7, 11) is 0. The smallest absolute Gasteiger partial charge is 0.220 e. The van der Waals surface area contributed by atoms with Crippen LogP contribution < -0.4 is 5.32 Å². The molecule has 3 rings (SSSR count). The van der Waals surface area contributed by atoms with Crippen molar-refractivity contribution in [2.45, 2.75) is 44.6 Å². The second-order valence-corrected chi connectivity index (χ2v) is 6.89. The minimum absolute atomic E-state index is 0.106. The standard InChI is InChI=1S/C21H28N2O2/c24-21(12-11-20-10-7-15-25-20)22-19(16-18-8-3-1-4-9-18)17-23-13-5-2-6-14-23/h1,3-4,7-10,15,19H,2,5-6,11-14,16-17H2,(H,22,24). The Morgan fingerprint density at radius 1 is 1.08 bits per heavy atom. The number of hydrogen-bond acceptors (Lipinski definition) is 3. The SMILES string of the molecule is O=C(CCc1ccco1)NC(Cc1ccccc1)CN1CCCCC1. The van der Waals surface area contributed by atoms with Crippen molar-refractivity contribution in [3.63, 3.8) is 0 Å². The Labute approximate surface area is 150 Å².